The summed E-state index contributed by atoms with van der Waals surface area (Å²) < 4.78 is 6.15. The molecule has 0 bridgehead atoms. The number of anilines is 2. The SMILES string of the molecule is CC(C)(NC(=O)c1cc2c(NC(=O)c3ccccc3NC(=O)c3cc[nH]c3)nn(C(=O)OCCCl)c2s1)c1ccccc1. The first-order chi connectivity index (χ1) is 20.7. The predicted molar refractivity (Wildman–Crippen MR) is 165 cm³/mol. The molecule has 0 aliphatic heterocycles. The van der Waals surface area contributed by atoms with E-state index < -0.39 is 23.4 Å². The summed E-state index contributed by atoms with van der Waals surface area (Å²) in [5.41, 5.74) is 1.06. The summed E-state index contributed by atoms with van der Waals surface area (Å²) in [6.07, 6.45) is 2.34. The van der Waals surface area contributed by atoms with Crippen molar-refractivity contribution in [3.63, 3.8) is 0 Å². The third-order valence-corrected chi connectivity index (χ3v) is 7.76. The van der Waals surface area contributed by atoms with E-state index in [1.54, 1.807) is 42.6 Å². The highest BCUT2D eigenvalue weighted by molar-refractivity contribution is 7.20. The van der Waals surface area contributed by atoms with Gasteiger partial charge in [-0.2, -0.15) is 4.68 Å². The number of carbonyl (C=O) groups is 4. The van der Waals surface area contributed by atoms with Gasteiger partial charge in [0, 0.05) is 12.4 Å². The van der Waals surface area contributed by atoms with Crippen LogP contribution in [0.5, 0.6) is 0 Å². The number of hydrogen-bond donors (Lipinski definition) is 4. The molecule has 11 nitrogen and oxygen atoms in total. The average Bonchev–Trinajstić information content (AvgIpc) is 3.75. The van der Waals surface area contributed by atoms with Crippen LogP contribution in [0.4, 0.5) is 16.3 Å². The first-order valence-electron chi connectivity index (χ1n) is 13.2. The van der Waals surface area contributed by atoms with E-state index in [-0.39, 0.29) is 35.5 Å². The molecular weight excluding hydrogens is 592 g/mol. The van der Waals surface area contributed by atoms with Crippen molar-refractivity contribution in [3.05, 3.63) is 101 Å². The lowest BCUT2D eigenvalue weighted by Crippen LogP contribution is -2.40. The second kappa shape index (κ2) is 12.5. The summed E-state index contributed by atoms with van der Waals surface area (Å²) in [5.74, 6) is -1.24. The lowest BCUT2D eigenvalue weighted by molar-refractivity contribution is 0.0915. The van der Waals surface area contributed by atoms with Crippen molar-refractivity contribution in [1.82, 2.24) is 20.1 Å². The van der Waals surface area contributed by atoms with Crippen LogP contribution < -0.4 is 16.0 Å². The number of benzene rings is 2. The summed E-state index contributed by atoms with van der Waals surface area (Å²) in [5, 5.41) is 13.1. The maximum Gasteiger partial charge on any atom is 0.436 e. The Kier molecular flexibility index (Phi) is 8.60. The third kappa shape index (κ3) is 6.45. The lowest BCUT2D eigenvalue weighted by atomic mass is 9.94. The van der Waals surface area contributed by atoms with Gasteiger partial charge in [0.2, 0.25) is 0 Å². The molecule has 220 valence electrons. The van der Waals surface area contributed by atoms with Crippen molar-refractivity contribution in [1.29, 1.82) is 0 Å². The Hall–Kier alpha value is -4.94. The molecule has 0 atom stereocenters. The van der Waals surface area contributed by atoms with Gasteiger partial charge in [0.1, 0.15) is 11.4 Å². The van der Waals surface area contributed by atoms with E-state index >= 15 is 0 Å². The van der Waals surface area contributed by atoms with Gasteiger partial charge in [-0.15, -0.1) is 28.0 Å². The summed E-state index contributed by atoms with van der Waals surface area (Å²) in [7, 11) is 0. The Morgan fingerprint density at radius 2 is 1.72 bits per heavy atom. The van der Waals surface area contributed by atoms with E-state index in [0.717, 1.165) is 21.6 Å². The maximum atomic E-state index is 13.5. The number of thiophene rings is 1. The molecular formula is C30H27ClN6O5S. The zero-order valence-electron chi connectivity index (χ0n) is 23.1. The lowest BCUT2D eigenvalue weighted by Gasteiger charge is -2.26. The number of aromatic amines is 1. The van der Waals surface area contributed by atoms with Crippen LogP contribution >= 0.6 is 22.9 Å². The standard InChI is InChI=1S/C30H27ClN6O5S/c1-30(2,19-8-4-3-5-9-19)35-27(40)23-16-21-24(36-37(28(21)43-23)29(41)42-15-13-31)34-26(39)20-10-6-7-11-22(20)33-25(38)18-12-14-32-17-18/h3-12,14,16-17,32H,13,15H2,1-2H3,(H,33,38)(H,35,40)(H,34,36,39). The van der Waals surface area contributed by atoms with Gasteiger partial charge in [0.15, 0.2) is 5.82 Å². The molecule has 0 unspecified atom stereocenters. The van der Waals surface area contributed by atoms with Gasteiger partial charge in [-0.3, -0.25) is 14.4 Å². The zero-order valence-corrected chi connectivity index (χ0v) is 24.7. The normalized spacial score (nSPS) is 11.2. The van der Waals surface area contributed by atoms with Crippen LogP contribution in [0.25, 0.3) is 10.2 Å². The number of nitrogens with one attached hydrogen (secondary N) is 4. The average molecular weight is 619 g/mol. The molecule has 0 fully saturated rings. The Bertz CT molecular complexity index is 1800. The molecule has 5 rings (SSSR count). The highest BCUT2D eigenvalue weighted by Gasteiger charge is 2.28. The molecule has 0 saturated carbocycles. The second-order valence-corrected chi connectivity index (χ2v) is 11.3. The number of halogens is 1. The molecule has 3 aromatic heterocycles. The minimum atomic E-state index is -0.816. The van der Waals surface area contributed by atoms with E-state index in [2.05, 4.69) is 26.0 Å². The Labute approximate surface area is 255 Å². The number of aromatic nitrogens is 3. The van der Waals surface area contributed by atoms with Gasteiger partial charge in [-0.05, 0) is 43.7 Å². The number of carbonyl (C=O) groups excluding carboxylic acids is 4. The first-order valence-corrected chi connectivity index (χ1v) is 14.5. The summed E-state index contributed by atoms with van der Waals surface area (Å²) in [6.45, 7) is 3.72. The van der Waals surface area contributed by atoms with Gasteiger partial charge >= 0.3 is 6.09 Å². The smallest absolute Gasteiger partial charge is 0.436 e. The number of ether oxygens (including phenoxy) is 1. The molecule has 5 aromatic rings. The van der Waals surface area contributed by atoms with Crippen molar-refractivity contribution >= 4 is 68.5 Å². The van der Waals surface area contributed by atoms with Crippen molar-refractivity contribution in [3.8, 4) is 0 Å². The van der Waals surface area contributed by atoms with Gasteiger partial charge in [-0.1, -0.05) is 42.5 Å². The molecule has 3 heterocycles. The number of alkyl halides is 1. The number of amides is 3. The van der Waals surface area contributed by atoms with Gasteiger partial charge in [0.25, 0.3) is 17.7 Å². The van der Waals surface area contributed by atoms with Crippen molar-refractivity contribution in [2.45, 2.75) is 19.4 Å². The molecule has 0 aliphatic carbocycles. The van der Waals surface area contributed by atoms with E-state index in [1.807, 2.05) is 44.2 Å². The second-order valence-electron chi connectivity index (χ2n) is 9.89. The van der Waals surface area contributed by atoms with E-state index in [9.17, 15) is 19.2 Å². The largest absolute Gasteiger partial charge is 0.447 e. The Morgan fingerprint density at radius 1 is 0.977 bits per heavy atom. The van der Waals surface area contributed by atoms with Gasteiger partial charge in [-0.25, -0.2) is 4.79 Å². The van der Waals surface area contributed by atoms with Crippen LogP contribution in [-0.4, -0.2) is 51.1 Å². The number of fused-ring (bicyclic) bond motifs is 1. The molecule has 13 heteroatoms. The quantitative estimate of drug-likeness (QED) is 0.153. The van der Waals surface area contributed by atoms with E-state index in [1.165, 1.54) is 6.20 Å². The Balaban J connectivity index is 1.45. The molecule has 0 spiro atoms. The van der Waals surface area contributed by atoms with Crippen molar-refractivity contribution in [2.75, 3.05) is 23.1 Å². The number of rotatable bonds is 9. The summed E-state index contributed by atoms with van der Waals surface area (Å²) in [4.78, 5) is 55.7. The molecule has 0 saturated heterocycles. The molecule has 2 aromatic carbocycles. The number of nitrogens with zero attached hydrogens (tertiary/aromatic N) is 2. The number of para-hydroxylation sites is 1. The third-order valence-electron chi connectivity index (χ3n) is 6.49. The molecule has 43 heavy (non-hydrogen) atoms. The number of hydrogen-bond acceptors (Lipinski definition) is 7. The van der Waals surface area contributed by atoms with Crippen molar-refractivity contribution < 1.29 is 23.9 Å². The molecule has 4 N–H and O–H groups in total. The maximum absolute atomic E-state index is 13.5. The molecule has 0 aliphatic rings. The topological polar surface area (TPSA) is 147 Å². The zero-order chi connectivity index (χ0) is 30.6. The van der Waals surface area contributed by atoms with Crippen LogP contribution in [0.15, 0.2) is 79.1 Å². The summed E-state index contributed by atoms with van der Waals surface area (Å²) >= 11 is 6.72. The van der Waals surface area contributed by atoms with Crippen LogP contribution in [0.3, 0.4) is 0 Å². The number of H-pyrrole nitrogens is 1. The van der Waals surface area contributed by atoms with Gasteiger partial charge in [0.05, 0.1) is 38.5 Å². The van der Waals surface area contributed by atoms with Crippen LogP contribution in [0, 0.1) is 0 Å². The Morgan fingerprint density at radius 3 is 2.44 bits per heavy atom. The van der Waals surface area contributed by atoms with E-state index in [0.29, 0.717) is 20.7 Å². The highest BCUT2D eigenvalue weighted by Crippen LogP contribution is 2.33. The summed E-state index contributed by atoms with van der Waals surface area (Å²) in [6, 6.07) is 19.2. The minimum Gasteiger partial charge on any atom is -0.447 e. The van der Waals surface area contributed by atoms with E-state index in [4.69, 9.17) is 16.3 Å². The predicted octanol–water partition coefficient (Wildman–Crippen LogP) is 5.82. The monoisotopic (exact) mass is 618 g/mol. The fraction of sp³-hybridized carbons (Fsp3) is 0.167. The van der Waals surface area contributed by atoms with Gasteiger partial charge < -0.3 is 25.7 Å². The highest BCUT2D eigenvalue weighted by atomic mass is 35.5. The minimum absolute atomic E-state index is 0.0345. The van der Waals surface area contributed by atoms with Crippen LogP contribution in [0.2, 0.25) is 0 Å². The molecule has 0 radical (unpaired) electrons. The first kappa shape index (κ1) is 29.5. The van der Waals surface area contributed by atoms with Crippen LogP contribution in [-0.2, 0) is 10.3 Å². The fourth-order valence-corrected chi connectivity index (χ4v) is 5.39. The fourth-order valence-electron chi connectivity index (χ4n) is 4.32. The van der Waals surface area contributed by atoms with Crippen molar-refractivity contribution in [2.24, 2.45) is 0 Å². The van der Waals surface area contributed by atoms with Crippen LogP contribution in [0.1, 0.15) is 49.8 Å². The molecule has 3 amide bonds.